The van der Waals surface area contributed by atoms with Gasteiger partial charge in [-0.2, -0.15) is 0 Å². The van der Waals surface area contributed by atoms with E-state index in [0.717, 1.165) is 47.5 Å². The lowest BCUT2D eigenvalue weighted by atomic mass is 9.96. The van der Waals surface area contributed by atoms with Crippen molar-refractivity contribution in [1.82, 2.24) is 9.97 Å². The molecule has 2 aromatic heterocycles. The fourth-order valence-electron chi connectivity index (χ4n) is 4.28. The minimum Gasteiger partial charge on any atom is -0.380 e. The molecule has 0 radical (unpaired) electrons. The van der Waals surface area contributed by atoms with Gasteiger partial charge in [0, 0.05) is 42.8 Å². The fourth-order valence-corrected chi connectivity index (χ4v) is 4.28. The molecule has 6 nitrogen and oxygen atoms in total. The van der Waals surface area contributed by atoms with Crippen molar-refractivity contribution in [2.75, 3.05) is 28.7 Å². The van der Waals surface area contributed by atoms with Crippen LogP contribution in [0.3, 0.4) is 0 Å². The zero-order valence-electron chi connectivity index (χ0n) is 17.6. The summed E-state index contributed by atoms with van der Waals surface area (Å²) >= 11 is 0. The Hall–Kier alpha value is -3.09. The normalized spacial score (nSPS) is 19.3. The Kier molecular flexibility index (Phi) is 5.61. The number of aldehydes is 1. The Bertz CT molecular complexity index is 1030. The summed E-state index contributed by atoms with van der Waals surface area (Å²) in [5, 5.41) is 4.26. The van der Waals surface area contributed by atoms with Gasteiger partial charge in [-0.15, -0.1) is 0 Å². The van der Waals surface area contributed by atoms with Gasteiger partial charge in [0.05, 0.1) is 11.7 Å². The molecular formula is C23H28FN5O. The Balaban J connectivity index is 1.54. The second-order valence-corrected chi connectivity index (χ2v) is 8.25. The Morgan fingerprint density at radius 2 is 2.17 bits per heavy atom. The van der Waals surface area contributed by atoms with Crippen LogP contribution >= 0.6 is 0 Å². The number of pyridine rings is 1. The second-order valence-electron chi connectivity index (χ2n) is 8.25. The number of hydrogen-bond donors (Lipinski definition) is 2. The highest BCUT2D eigenvalue weighted by Crippen LogP contribution is 2.32. The van der Waals surface area contributed by atoms with Gasteiger partial charge in [0.25, 0.3) is 0 Å². The average Bonchev–Trinajstić information content (AvgIpc) is 3.15. The maximum atomic E-state index is 13.5. The summed E-state index contributed by atoms with van der Waals surface area (Å²) in [6.45, 7) is 4.93. The molecule has 1 aromatic carbocycles. The number of anilines is 3. The van der Waals surface area contributed by atoms with E-state index in [9.17, 15) is 9.18 Å². The van der Waals surface area contributed by atoms with Crippen LogP contribution in [-0.2, 0) is 4.79 Å². The van der Waals surface area contributed by atoms with Crippen LogP contribution in [0.15, 0.2) is 42.6 Å². The number of nitrogens with one attached hydrogen (secondary N) is 2. The van der Waals surface area contributed by atoms with Crippen LogP contribution in [0.5, 0.6) is 0 Å². The van der Waals surface area contributed by atoms with Gasteiger partial charge in [0.2, 0.25) is 0 Å². The molecule has 3 aromatic rings. The summed E-state index contributed by atoms with van der Waals surface area (Å²) < 4.78 is 13.5. The van der Waals surface area contributed by atoms with Gasteiger partial charge in [-0.05, 0) is 63.1 Å². The van der Waals surface area contributed by atoms with Crippen LogP contribution in [0.1, 0.15) is 26.7 Å². The standard InChI is InChI=1S/C23H28FN5O/c1-15(2)26-21-5-4-9-25-23(21)28(3)18-8-10-29(19(13-18)14-30)22-12-16-11-17(24)6-7-20(16)27-22/h4-7,9,11-12,14-15,18-19,26-27H,8,10,13H2,1-3H3. The predicted molar refractivity (Wildman–Crippen MR) is 120 cm³/mol. The molecule has 1 saturated heterocycles. The number of H-pyrrole nitrogens is 1. The minimum atomic E-state index is -0.263. The van der Waals surface area contributed by atoms with E-state index in [0.29, 0.717) is 12.5 Å². The number of hydrogen-bond acceptors (Lipinski definition) is 5. The molecule has 0 bridgehead atoms. The molecule has 0 saturated carbocycles. The smallest absolute Gasteiger partial charge is 0.151 e. The van der Waals surface area contributed by atoms with E-state index in [-0.39, 0.29) is 17.9 Å². The Morgan fingerprint density at radius 3 is 2.93 bits per heavy atom. The highest BCUT2D eigenvalue weighted by molar-refractivity contribution is 5.85. The first-order valence-electron chi connectivity index (χ1n) is 10.4. The number of nitrogens with zero attached hydrogens (tertiary/aromatic N) is 3. The largest absolute Gasteiger partial charge is 0.380 e. The number of aromatic amines is 1. The van der Waals surface area contributed by atoms with Gasteiger partial charge < -0.3 is 24.9 Å². The van der Waals surface area contributed by atoms with Crippen molar-refractivity contribution in [3.63, 3.8) is 0 Å². The highest BCUT2D eigenvalue weighted by Gasteiger charge is 2.32. The molecule has 1 fully saturated rings. The lowest BCUT2D eigenvalue weighted by Crippen LogP contribution is -2.50. The van der Waals surface area contributed by atoms with Crippen molar-refractivity contribution >= 4 is 34.5 Å². The molecule has 0 amide bonds. The lowest BCUT2D eigenvalue weighted by molar-refractivity contribution is -0.109. The van der Waals surface area contributed by atoms with E-state index in [1.54, 1.807) is 12.3 Å². The third kappa shape index (κ3) is 3.97. The van der Waals surface area contributed by atoms with Gasteiger partial charge in [-0.3, -0.25) is 0 Å². The number of halogens is 1. The van der Waals surface area contributed by atoms with Gasteiger partial charge in [-0.1, -0.05) is 0 Å². The van der Waals surface area contributed by atoms with Crippen molar-refractivity contribution in [1.29, 1.82) is 0 Å². The fraction of sp³-hybridized carbons (Fsp3) is 0.391. The molecule has 1 aliphatic heterocycles. The third-order valence-electron chi connectivity index (χ3n) is 5.76. The summed E-state index contributed by atoms with van der Waals surface area (Å²) in [6, 6.07) is 10.8. The number of piperidine rings is 1. The molecule has 158 valence electrons. The van der Waals surface area contributed by atoms with Crippen molar-refractivity contribution in [3.05, 3.63) is 48.4 Å². The van der Waals surface area contributed by atoms with E-state index < -0.39 is 0 Å². The van der Waals surface area contributed by atoms with E-state index in [1.165, 1.54) is 12.1 Å². The van der Waals surface area contributed by atoms with E-state index in [1.807, 2.05) is 25.2 Å². The number of rotatable bonds is 6. The van der Waals surface area contributed by atoms with E-state index in [4.69, 9.17) is 0 Å². The van der Waals surface area contributed by atoms with E-state index in [2.05, 4.69) is 38.9 Å². The van der Waals surface area contributed by atoms with Crippen LogP contribution in [-0.4, -0.2) is 48.0 Å². The number of carbonyl (C=O) groups is 1. The van der Waals surface area contributed by atoms with E-state index >= 15 is 0 Å². The molecule has 0 aliphatic carbocycles. The van der Waals surface area contributed by atoms with Crippen LogP contribution in [0.4, 0.5) is 21.7 Å². The first-order valence-corrected chi connectivity index (χ1v) is 10.4. The zero-order chi connectivity index (χ0) is 21.3. The second kappa shape index (κ2) is 8.34. The predicted octanol–water partition coefficient (Wildman–Crippen LogP) is 4.20. The first kappa shape index (κ1) is 20.2. The molecule has 7 heteroatoms. The number of benzene rings is 1. The summed E-state index contributed by atoms with van der Waals surface area (Å²) in [5.41, 5.74) is 1.87. The molecule has 0 spiro atoms. The molecule has 2 unspecified atom stereocenters. The topological polar surface area (TPSA) is 64.3 Å². The summed E-state index contributed by atoms with van der Waals surface area (Å²) in [7, 11) is 2.04. The zero-order valence-corrected chi connectivity index (χ0v) is 17.6. The minimum absolute atomic E-state index is 0.195. The molecule has 4 rings (SSSR count). The van der Waals surface area contributed by atoms with Crippen LogP contribution in [0.2, 0.25) is 0 Å². The van der Waals surface area contributed by atoms with Gasteiger partial charge in [0.15, 0.2) is 5.82 Å². The highest BCUT2D eigenvalue weighted by atomic mass is 19.1. The van der Waals surface area contributed by atoms with Crippen LogP contribution < -0.4 is 15.1 Å². The SMILES string of the molecule is CC(C)Nc1cccnc1N(C)C1CCN(c2cc3cc(F)ccc3[nH]2)C(C=O)C1. The average molecular weight is 410 g/mol. The quantitative estimate of drug-likeness (QED) is 0.598. The molecule has 1 aliphatic rings. The maximum absolute atomic E-state index is 13.5. The van der Waals surface area contributed by atoms with Crippen molar-refractivity contribution in [2.45, 2.75) is 44.8 Å². The summed E-state index contributed by atoms with van der Waals surface area (Å²) in [5.74, 6) is 1.49. The third-order valence-corrected chi connectivity index (χ3v) is 5.76. The maximum Gasteiger partial charge on any atom is 0.151 e. The Morgan fingerprint density at radius 1 is 1.33 bits per heavy atom. The summed E-state index contributed by atoms with van der Waals surface area (Å²) in [4.78, 5) is 24.2. The van der Waals surface area contributed by atoms with Crippen molar-refractivity contribution in [3.8, 4) is 0 Å². The molecule has 2 N–H and O–H groups in total. The Labute approximate surface area is 176 Å². The molecule has 30 heavy (non-hydrogen) atoms. The number of carbonyl (C=O) groups excluding carboxylic acids is 1. The summed E-state index contributed by atoms with van der Waals surface area (Å²) in [6.07, 6.45) is 4.40. The van der Waals surface area contributed by atoms with Crippen LogP contribution in [0.25, 0.3) is 10.9 Å². The first-order chi connectivity index (χ1) is 14.5. The van der Waals surface area contributed by atoms with Crippen LogP contribution in [0, 0.1) is 5.82 Å². The molecule has 3 heterocycles. The molecular weight excluding hydrogens is 381 g/mol. The monoisotopic (exact) mass is 409 g/mol. The number of aromatic nitrogens is 2. The van der Waals surface area contributed by atoms with Gasteiger partial charge in [-0.25, -0.2) is 9.37 Å². The van der Waals surface area contributed by atoms with Gasteiger partial charge >= 0.3 is 0 Å². The van der Waals surface area contributed by atoms with Crippen molar-refractivity contribution in [2.24, 2.45) is 0 Å². The number of fused-ring (bicyclic) bond motifs is 1. The van der Waals surface area contributed by atoms with Gasteiger partial charge in [0.1, 0.15) is 17.9 Å². The molecule has 2 atom stereocenters. The van der Waals surface area contributed by atoms with Crippen molar-refractivity contribution < 1.29 is 9.18 Å². The lowest BCUT2D eigenvalue weighted by Gasteiger charge is -2.41.